The first-order valence-electron chi connectivity index (χ1n) is 13.0. The lowest BCUT2D eigenvalue weighted by atomic mass is 9.68. The van der Waals surface area contributed by atoms with Gasteiger partial charge in [-0.2, -0.15) is 0 Å². The summed E-state index contributed by atoms with van der Waals surface area (Å²) in [6.07, 6.45) is 39.4. The van der Waals surface area contributed by atoms with Crippen LogP contribution in [0.1, 0.15) is 117 Å². The molecule has 0 aromatic heterocycles. The Morgan fingerprint density at radius 2 is 0.833 bits per heavy atom. The lowest BCUT2D eigenvalue weighted by Gasteiger charge is -2.50. The predicted octanol–water partition coefficient (Wildman–Crippen LogP) is 8.09. The largest absolute Gasteiger partial charge is 0.379 e. The van der Waals surface area contributed by atoms with Crippen molar-refractivity contribution >= 4 is 0 Å². The second-order valence-corrected chi connectivity index (χ2v) is 9.41. The summed E-state index contributed by atoms with van der Waals surface area (Å²) in [5, 5.41) is 7.62. The molecule has 2 rings (SSSR count). The van der Waals surface area contributed by atoms with Crippen molar-refractivity contribution in [3.8, 4) is 0 Å². The van der Waals surface area contributed by atoms with Gasteiger partial charge in [0.25, 0.3) is 0 Å². The number of hydrogen-bond donors (Lipinski definition) is 2. The van der Waals surface area contributed by atoms with E-state index in [1.54, 1.807) is 0 Å². The molecule has 170 valence electrons. The first-order valence-corrected chi connectivity index (χ1v) is 13.0. The van der Waals surface area contributed by atoms with Gasteiger partial charge in [0.2, 0.25) is 0 Å². The molecule has 2 heteroatoms. The molecule has 0 saturated heterocycles. The second-order valence-electron chi connectivity index (χ2n) is 9.41. The maximum atomic E-state index is 3.81. The summed E-state index contributed by atoms with van der Waals surface area (Å²) in [5.41, 5.74) is -0.0662. The minimum atomic E-state index is -0.0331. The van der Waals surface area contributed by atoms with Crippen LogP contribution < -0.4 is 10.6 Å². The molecule has 0 saturated carbocycles. The van der Waals surface area contributed by atoms with Crippen molar-refractivity contribution in [3.63, 3.8) is 0 Å². The summed E-state index contributed by atoms with van der Waals surface area (Å²) >= 11 is 0. The second kappa shape index (κ2) is 14.5. The number of nitrogens with one attached hydrogen (secondary N) is 2. The van der Waals surface area contributed by atoms with E-state index in [1.807, 2.05) is 0 Å². The average molecular weight is 413 g/mol. The van der Waals surface area contributed by atoms with Crippen molar-refractivity contribution in [2.45, 2.75) is 128 Å². The van der Waals surface area contributed by atoms with Crippen LogP contribution in [0.25, 0.3) is 0 Å². The van der Waals surface area contributed by atoms with Gasteiger partial charge in [0.15, 0.2) is 0 Å². The van der Waals surface area contributed by atoms with E-state index in [1.165, 1.54) is 103 Å². The fraction of sp³-hybridized carbons (Fsp3) is 0.714. The first kappa shape index (κ1) is 24.8. The summed E-state index contributed by atoms with van der Waals surface area (Å²) in [5.74, 6) is 0. The van der Waals surface area contributed by atoms with Crippen LogP contribution in [0.3, 0.4) is 0 Å². The zero-order valence-electron chi connectivity index (χ0n) is 19.9. The lowest BCUT2D eigenvalue weighted by molar-refractivity contribution is 0.212. The van der Waals surface area contributed by atoms with Crippen LogP contribution in [-0.4, -0.2) is 11.1 Å². The van der Waals surface area contributed by atoms with E-state index in [-0.39, 0.29) is 11.1 Å². The normalized spacial score (nSPS) is 24.7. The quantitative estimate of drug-likeness (QED) is 0.236. The van der Waals surface area contributed by atoms with E-state index in [2.05, 4.69) is 73.3 Å². The van der Waals surface area contributed by atoms with Crippen molar-refractivity contribution in [1.82, 2.24) is 10.6 Å². The topological polar surface area (TPSA) is 24.1 Å². The van der Waals surface area contributed by atoms with E-state index in [9.17, 15) is 0 Å². The van der Waals surface area contributed by atoms with E-state index in [0.29, 0.717) is 0 Å². The number of dihydropyridines is 2. The van der Waals surface area contributed by atoms with Crippen molar-refractivity contribution in [3.05, 3.63) is 48.9 Å². The highest BCUT2D eigenvalue weighted by molar-refractivity contribution is 5.36. The zero-order chi connectivity index (χ0) is 21.4. The molecule has 0 amide bonds. The van der Waals surface area contributed by atoms with Gasteiger partial charge < -0.3 is 10.6 Å². The fourth-order valence-electron chi connectivity index (χ4n) is 5.07. The van der Waals surface area contributed by atoms with Gasteiger partial charge in [0, 0.05) is 0 Å². The summed E-state index contributed by atoms with van der Waals surface area (Å²) in [4.78, 5) is 0. The molecule has 0 aliphatic carbocycles. The van der Waals surface area contributed by atoms with Gasteiger partial charge in [0.1, 0.15) is 0 Å². The van der Waals surface area contributed by atoms with Gasteiger partial charge >= 0.3 is 0 Å². The average Bonchev–Trinajstić information content (AvgIpc) is 2.79. The molecule has 0 aromatic rings. The lowest BCUT2D eigenvalue weighted by Crippen LogP contribution is -2.66. The SMILES string of the molecule is CCCCCCCCCC1(C2(CCCCCCCCC)C=CC=CN2)C=CC=CN1. The van der Waals surface area contributed by atoms with Crippen LogP contribution in [0.5, 0.6) is 0 Å². The summed E-state index contributed by atoms with van der Waals surface area (Å²) in [7, 11) is 0. The molecule has 0 bridgehead atoms. The van der Waals surface area contributed by atoms with E-state index >= 15 is 0 Å². The summed E-state index contributed by atoms with van der Waals surface area (Å²) in [6.45, 7) is 4.59. The monoisotopic (exact) mass is 412 g/mol. The Bertz CT molecular complexity index is 509. The molecular formula is C28H48N2. The highest BCUT2D eigenvalue weighted by Gasteiger charge is 2.47. The molecule has 0 spiro atoms. The fourth-order valence-corrected chi connectivity index (χ4v) is 5.07. The highest BCUT2D eigenvalue weighted by Crippen LogP contribution is 2.38. The number of hydrogen-bond acceptors (Lipinski definition) is 2. The Kier molecular flexibility index (Phi) is 12.0. The number of unbranched alkanes of at least 4 members (excludes halogenated alkanes) is 12. The Hall–Kier alpha value is -1.44. The molecular weight excluding hydrogens is 364 g/mol. The van der Waals surface area contributed by atoms with Gasteiger partial charge in [-0.15, -0.1) is 0 Å². The van der Waals surface area contributed by atoms with Gasteiger partial charge in [-0.25, -0.2) is 0 Å². The van der Waals surface area contributed by atoms with E-state index in [4.69, 9.17) is 0 Å². The van der Waals surface area contributed by atoms with Gasteiger partial charge in [-0.1, -0.05) is 128 Å². The molecule has 0 radical (unpaired) electrons. The maximum absolute atomic E-state index is 3.81. The molecule has 2 atom stereocenters. The Morgan fingerprint density at radius 1 is 0.467 bits per heavy atom. The van der Waals surface area contributed by atoms with Crippen LogP contribution in [0, 0.1) is 0 Å². The Morgan fingerprint density at radius 3 is 1.17 bits per heavy atom. The predicted molar refractivity (Wildman–Crippen MR) is 134 cm³/mol. The van der Waals surface area contributed by atoms with Gasteiger partial charge in [-0.3, -0.25) is 0 Å². The van der Waals surface area contributed by atoms with Crippen LogP contribution in [0.4, 0.5) is 0 Å². The van der Waals surface area contributed by atoms with Crippen LogP contribution in [0.15, 0.2) is 48.9 Å². The third-order valence-electron chi connectivity index (χ3n) is 7.00. The molecule has 30 heavy (non-hydrogen) atoms. The van der Waals surface area contributed by atoms with Crippen molar-refractivity contribution in [2.75, 3.05) is 0 Å². The smallest absolute Gasteiger partial charge is 0.0820 e. The van der Waals surface area contributed by atoms with Gasteiger partial charge in [0.05, 0.1) is 11.1 Å². The maximum Gasteiger partial charge on any atom is 0.0820 e. The zero-order valence-corrected chi connectivity index (χ0v) is 19.9. The van der Waals surface area contributed by atoms with Crippen LogP contribution >= 0.6 is 0 Å². The van der Waals surface area contributed by atoms with E-state index in [0.717, 1.165) is 0 Å². The standard InChI is InChI=1S/C28H48N2/c1-3-5-7-9-11-13-15-21-27(23-17-19-25-29-27)28(24-18-20-26-30-28)22-16-14-12-10-8-6-4-2/h17-20,23-26,29-30H,3-16,21-22H2,1-2H3. The van der Waals surface area contributed by atoms with Crippen LogP contribution in [-0.2, 0) is 0 Å². The third kappa shape index (κ3) is 7.67. The van der Waals surface area contributed by atoms with E-state index < -0.39 is 0 Å². The summed E-state index contributed by atoms with van der Waals surface area (Å²) < 4.78 is 0. The Balaban J connectivity index is 1.92. The molecule has 2 unspecified atom stereocenters. The van der Waals surface area contributed by atoms with Crippen LogP contribution in [0.2, 0.25) is 0 Å². The Labute approximate surface area is 187 Å². The molecule has 2 nitrogen and oxygen atoms in total. The van der Waals surface area contributed by atoms with Crippen molar-refractivity contribution < 1.29 is 0 Å². The van der Waals surface area contributed by atoms with Crippen molar-refractivity contribution in [2.24, 2.45) is 0 Å². The molecule has 2 aliphatic rings. The molecule has 2 heterocycles. The third-order valence-corrected chi connectivity index (χ3v) is 7.00. The molecule has 2 aliphatic heterocycles. The minimum Gasteiger partial charge on any atom is -0.379 e. The first-order chi connectivity index (χ1) is 14.8. The molecule has 0 aromatic carbocycles. The number of allylic oxidation sites excluding steroid dienone is 4. The molecule has 2 N–H and O–H groups in total. The minimum absolute atomic E-state index is 0.0331. The summed E-state index contributed by atoms with van der Waals surface area (Å²) in [6, 6.07) is 0. The number of rotatable bonds is 17. The molecule has 0 fully saturated rings. The van der Waals surface area contributed by atoms with Crippen molar-refractivity contribution in [1.29, 1.82) is 0 Å². The highest BCUT2D eigenvalue weighted by atomic mass is 15.1. The van der Waals surface area contributed by atoms with Gasteiger partial charge in [-0.05, 0) is 37.4 Å².